The molecule has 1 aliphatic rings. The molecule has 4 heteroatoms. The molecule has 0 saturated carbocycles. The first-order chi connectivity index (χ1) is 11.7. The van der Waals surface area contributed by atoms with Crippen LogP contribution in [-0.2, 0) is 4.79 Å². The van der Waals surface area contributed by atoms with Crippen LogP contribution < -0.4 is 10.6 Å². The summed E-state index contributed by atoms with van der Waals surface area (Å²) in [4.78, 5) is 17.0. The molecule has 1 amide bonds. The zero-order valence-corrected chi connectivity index (χ0v) is 14.2. The van der Waals surface area contributed by atoms with Crippen molar-refractivity contribution in [2.75, 3.05) is 31.1 Å². The van der Waals surface area contributed by atoms with Crippen molar-refractivity contribution in [1.29, 1.82) is 0 Å². The predicted molar refractivity (Wildman–Crippen MR) is 98.0 cm³/mol. The fourth-order valence-corrected chi connectivity index (χ4v) is 3.30. The first-order valence-corrected chi connectivity index (χ1v) is 8.56. The van der Waals surface area contributed by atoms with Crippen LogP contribution in [0.15, 0.2) is 54.6 Å². The average Bonchev–Trinajstić information content (AvgIpc) is 2.88. The highest BCUT2D eigenvalue weighted by Gasteiger charge is 2.25. The minimum absolute atomic E-state index is 0.0211. The lowest BCUT2D eigenvalue weighted by Gasteiger charge is -2.26. The van der Waals surface area contributed by atoms with Crippen molar-refractivity contribution in [2.45, 2.75) is 19.4 Å². The van der Waals surface area contributed by atoms with E-state index in [9.17, 15) is 4.79 Å². The van der Waals surface area contributed by atoms with E-state index in [2.05, 4.69) is 36.1 Å². The van der Waals surface area contributed by atoms with Gasteiger partial charge in [-0.2, -0.15) is 0 Å². The monoisotopic (exact) mass is 323 g/mol. The number of para-hydroxylation sites is 1. The lowest BCUT2D eigenvalue weighted by molar-refractivity contribution is -0.132. The molecule has 0 unspecified atom stereocenters. The normalized spacial score (nSPS) is 16.6. The molecule has 4 nitrogen and oxygen atoms in total. The second-order valence-corrected chi connectivity index (χ2v) is 6.34. The Hall–Kier alpha value is -2.33. The molecule has 1 heterocycles. The van der Waals surface area contributed by atoms with Gasteiger partial charge in [0.25, 0.3) is 0 Å². The topological polar surface area (TPSA) is 49.6 Å². The molecule has 2 N–H and O–H groups in total. The van der Waals surface area contributed by atoms with Crippen molar-refractivity contribution in [1.82, 2.24) is 4.90 Å². The van der Waals surface area contributed by atoms with Crippen LogP contribution in [-0.4, -0.2) is 37.0 Å². The second-order valence-electron chi connectivity index (χ2n) is 6.34. The largest absolute Gasteiger partial charge is 0.369 e. The van der Waals surface area contributed by atoms with Crippen LogP contribution >= 0.6 is 0 Å². The lowest BCUT2D eigenvalue weighted by atomic mass is 10.1. The molecular weight excluding hydrogens is 298 g/mol. The molecule has 24 heavy (non-hydrogen) atoms. The highest BCUT2D eigenvalue weighted by atomic mass is 16.2. The highest BCUT2D eigenvalue weighted by molar-refractivity contribution is 5.83. The van der Waals surface area contributed by atoms with Gasteiger partial charge in [-0.3, -0.25) is 4.79 Å². The maximum atomic E-state index is 12.7. The molecule has 2 aromatic carbocycles. The van der Waals surface area contributed by atoms with Crippen LogP contribution in [0.3, 0.4) is 0 Å². The van der Waals surface area contributed by atoms with Crippen molar-refractivity contribution in [2.24, 2.45) is 5.73 Å². The van der Waals surface area contributed by atoms with Gasteiger partial charge in [-0.1, -0.05) is 48.5 Å². The first-order valence-electron chi connectivity index (χ1n) is 8.56. The molecule has 0 aromatic heterocycles. The fourth-order valence-electron chi connectivity index (χ4n) is 3.30. The van der Waals surface area contributed by atoms with Crippen molar-refractivity contribution >= 4 is 11.6 Å². The third-order valence-corrected chi connectivity index (χ3v) is 4.69. The zero-order chi connectivity index (χ0) is 16.9. The van der Waals surface area contributed by atoms with E-state index in [0.717, 1.165) is 31.6 Å². The summed E-state index contributed by atoms with van der Waals surface area (Å²) in [6, 6.07) is 17.5. The maximum Gasteiger partial charge on any atom is 0.244 e. The van der Waals surface area contributed by atoms with E-state index < -0.39 is 6.04 Å². The Morgan fingerprint density at radius 3 is 2.42 bits per heavy atom. The molecule has 1 fully saturated rings. The van der Waals surface area contributed by atoms with Gasteiger partial charge in [0.1, 0.15) is 6.04 Å². The summed E-state index contributed by atoms with van der Waals surface area (Å²) in [7, 11) is 0. The SMILES string of the molecule is Cc1ccccc1N1CCCN(C(=O)[C@H](N)c2ccccc2)CC1. The summed E-state index contributed by atoms with van der Waals surface area (Å²) in [6.45, 7) is 5.43. The second kappa shape index (κ2) is 7.49. The molecule has 0 aliphatic carbocycles. The van der Waals surface area contributed by atoms with Gasteiger partial charge in [-0.25, -0.2) is 0 Å². The summed E-state index contributed by atoms with van der Waals surface area (Å²) in [6.07, 6.45) is 0.960. The number of rotatable bonds is 3. The molecule has 1 aliphatic heterocycles. The van der Waals surface area contributed by atoms with Crippen LogP contribution in [0.1, 0.15) is 23.6 Å². The number of hydrogen-bond donors (Lipinski definition) is 1. The van der Waals surface area contributed by atoms with Crippen LogP contribution in [0, 0.1) is 6.92 Å². The number of benzene rings is 2. The fraction of sp³-hybridized carbons (Fsp3) is 0.350. The molecule has 0 spiro atoms. The van der Waals surface area contributed by atoms with Gasteiger partial charge in [0.2, 0.25) is 5.91 Å². The number of amides is 1. The molecule has 3 rings (SSSR count). The quantitative estimate of drug-likeness (QED) is 0.945. The van der Waals surface area contributed by atoms with E-state index >= 15 is 0 Å². The summed E-state index contributed by atoms with van der Waals surface area (Å²) in [5.74, 6) is 0.0211. The van der Waals surface area contributed by atoms with Crippen LogP contribution in [0.25, 0.3) is 0 Å². The molecule has 0 radical (unpaired) electrons. The Kier molecular flexibility index (Phi) is 5.16. The van der Waals surface area contributed by atoms with E-state index in [-0.39, 0.29) is 5.91 Å². The van der Waals surface area contributed by atoms with Crippen molar-refractivity contribution in [3.63, 3.8) is 0 Å². The third kappa shape index (κ3) is 3.60. The molecule has 126 valence electrons. The van der Waals surface area contributed by atoms with E-state index in [1.165, 1.54) is 11.3 Å². The molecule has 2 aromatic rings. The van der Waals surface area contributed by atoms with Crippen LogP contribution in [0.2, 0.25) is 0 Å². The number of carbonyl (C=O) groups excluding carboxylic acids is 1. The minimum Gasteiger partial charge on any atom is -0.369 e. The van der Waals surface area contributed by atoms with Gasteiger partial charge in [-0.05, 0) is 30.5 Å². The Bertz CT molecular complexity index is 686. The van der Waals surface area contributed by atoms with Crippen molar-refractivity contribution < 1.29 is 4.79 Å². The van der Waals surface area contributed by atoms with Crippen LogP contribution in [0.5, 0.6) is 0 Å². The lowest BCUT2D eigenvalue weighted by Crippen LogP contribution is -2.40. The van der Waals surface area contributed by atoms with Gasteiger partial charge >= 0.3 is 0 Å². The number of nitrogens with two attached hydrogens (primary N) is 1. The summed E-state index contributed by atoms with van der Waals surface area (Å²) < 4.78 is 0. The predicted octanol–water partition coefficient (Wildman–Crippen LogP) is 2.73. The standard InChI is InChI=1S/C20H25N3O/c1-16-8-5-6-11-18(16)22-12-7-13-23(15-14-22)20(24)19(21)17-9-3-2-4-10-17/h2-6,8-11,19H,7,12-15,21H2,1H3/t19-/m1/s1. The number of anilines is 1. The number of nitrogens with zero attached hydrogens (tertiary/aromatic N) is 2. The minimum atomic E-state index is -0.573. The summed E-state index contributed by atoms with van der Waals surface area (Å²) >= 11 is 0. The number of aryl methyl sites for hydroxylation is 1. The van der Waals surface area contributed by atoms with Gasteiger partial charge in [0, 0.05) is 31.9 Å². The van der Waals surface area contributed by atoms with E-state index in [1.807, 2.05) is 35.2 Å². The number of carbonyl (C=O) groups is 1. The van der Waals surface area contributed by atoms with E-state index in [4.69, 9.17) is 5.73 Å². The third-order valence-electron chi connectivity index (χ3n) is 4.69. The first kappa shape index (κ1) is 16.5. The summed E-state index contributed by atoms with van der Waals surface area (Å²) in [5, 5.41) is 0. The van der Waals surface area contributed by atoms with Crippen molar-refractivity contribution in [3.05, 3.63) is 65.7 Å². The zero-order valence-electron chi connectivity index (χ0n) is 14.2. The Morgan fingerprint density at radius 1 is 0.958 bits per heavy atom. The Morgan fingerprint density at radius 2 is 1.67 bits per heavy atom. The van der Waals surface area contributed by atoms with Gasteiger partial charge in [0.15, 0.2) is 0 Å². The van der Waals surface area contributed by atoms with Gasteiger partial charge in [0.05, 0.1) is 0 Å². The van der Waals surface area contributed by atoms with Crippen LogP contribution in [0.4, 0.5) is 5.69 Å². The Balaban J connectivity index is 1.67. The van der Waals surface area contributed by atoms with Gasteiger partial charge < -0.3 is 15.5 Å². The van der Waals surface area contributed by atoms with Crippen molar-refractivity contribution in [3.8, 4) is 0 Å². The molecular formula is C20H25N3O. The highest BCUT2D eigenvalue weighted by Crippen LogP contribution is 2.22. The molecule has 1 saturated heterocycles. The Labute approximate surface area is 143 Å². The van der Waals surface area contributed by atoms with E-state index in [0.29, 0.717) is 6.54 Å². The molecule has 0 bridgehead atoms. The smallest absolute Gasteiger partial charge is 0.244 e. The maximum absolute atomic E-state index is 12.7. The molecule has 1 atom stereocenters. The van der Waals surface area contributed by atoms with E-state index in [1.54, 1.807) is 0 Å². The number of hydrogen-bond acceptors (Lipinski definition) is 3. The average molecular weight is 323 g/mol. The summed E-state index contributed by atoms with van der Waals surface area (Å²) in [5.41, 5.74) is 9.60. The van der Waals surface area contributed by atoms with Gasteiger partial charge in [-0.15, -0.1) is 0 Å².